The summed E-state index contributed by atoms with van der Waals surface area (Å²) in [4.78, 5) is 0. The summed E-state index contributed by atoms with van der Waals surface area (Å²) in [6.07, 6.45) is -0.588. The SMILES string of the molecule is COc1ccccc1Nc1nnc(SC[C@H](O)COc2ccccc2)s1. The zero-order valence-electron chi connectivity index (χ0n) is 14.2. The quantitative estimate of drug-likeness (QED) is 0.539. The van der Waals surface area contributed by atoms with Gasteiger partial charge in [-0.1, -0.05) is 53.4 Å². The highest BCUT2D eigenvalue weighted by Crippen LogP contribution is 2.31. The van der Waals surface area contributed by atoms with Gasteiger partial charge in [-0.3, -0.25) is 0 Å². The third kappa shape index (κ3) is 5.35. The van der Waals surface area contributed by atoms with E-state index < -0.39 is 6.10 Å². The van der Waals surface area contributed by atoms with Crippen molar-refractivity contribution in [1.82, 2.24) is 10.2 Å². The number of hydrogen-bond acceptors (Lipinski definition) is 8. The van der Waals surface area contributed by atoms with E-state index in [4.69, 9.17) is 9.47 Å². The Hall–Kier alpha value is -2.29. The topological polar surface area (TPSA) is 76.5 Å². The molecule has 3 rings (SSSR count). The Balaban J connectivity index is 1.47. The van der Waals surface area contributed by atoms with Crippen molar-refractivity contribution in [1.29, 1.82) is 0 Å². The lowest BCUT2D eigenvalue weighted by atomic mass is 10.3. The molecular weight excluding hydrogens is 370 g/mol. The van der Waals surface area contributed by atoms with Crippen molar-refractivity contribution in [2.45, 2.75) is 10.4 Å². The minimum Gasteiger partial charge on any atom is -0.495 e. The third-order valence-corrected chi connectivity index (χ3v) is 5.46. The first-order chi connectivity index (χ1) is 12.7. The lowest BCUT2D eigenvalue weighted by Crippen LogP contribution is -2.19. The number of nitrogens with one attached hydrogen (secondary N) is 1. The number of anilines is 2. The summed E-state index contributed by atoms with van der Waals surface area (Å²) in [6, 6.07) is 17.1. The fourth-order valence-corrected chi connectivity index (χ4v) is 3.80. The van der Waals surface area contributed by atoms with Crippen molar-refractivity contribution in [3.8, 4) is 11.5 Å². The van der Waals surface area contributed by atoms with E-state index in [1.54, 1.807) is 7.11 Å². The van der Waals surface area contributed by atoms with Crippen LogP contribution in [-0.4, -0.2) is 40.9 Å². The molecule has 0 spiro atoms. The summed E-state index contributed by atoms with van der Waals surface area (Å²) in [7, 11) is 1.63. The van der Waals surface area contributed by atoms with Crippen LogP contribution in [0.3, 0.4) is 0 Å². The molecule has 6 nitrogen and oxygen atoms in total. The molecule has 0 aliphatic heterocycles. The Morgan fingerprint density at radius 3 is 2.69 bits per heavy atom. The van der Waals surface area contributed by atoms with Gasteiger partial charge in [0.2, 0.25) is 5.13 Å². The second-order valence-electron chi connectivity index (χ2n) is 5.29. The van der Waals surface area contributed by atoms with Gasteiger partial charge < -0.3 is 19.9 Å². The summed E-state index contributed by atoms with van der Waals surface area (Å²) < 4.78 is 11.6. The van der Waals surface area contributed by atoms with Crippen molar-refractivity contribution >= 4 is 33.9 Å². The number of thioether (sulfide) groups is 1. The second kappa shape index (κ2) is 9.42. The normalized spacial score (nSPS) is 11.8. The number of para-hydroxylation sites is 3. The van der Waals surface area contributed by atoms with Crippen molar-refractivity contribution in [2.75, 3.05) is 24.8 Å². The molecule has 0 saturated heterocycles. The van der Waals surface area contributed by atoms with Gasteiger partial charge in [0.25, 0.3) is 0 Å². The van der Waals surface area contributed by atoms with Crippen LogP contribution < -0.4 is 14.8 Å². The van der Waals surface area contributed by atoms with Gasteiger partial charge in [0.15, 0.2) is 4.34 Å². The molecule has 0 aliphatic carbocycles. The van der Waals surface area contributed by atoms with Gasteiger partial charge >= 0.3 is 0 Å². The number of nitrogens with zero attached hydrogens (tertiary/aromatic N) is 2. The van der Waals surface area contributed by atoms with Crippen molar-refractivity contribution in [2.24, 2.45) is 0 Å². The van der Waals surface area contributed by atoms with E-state index in [-0.39, 0.29) is 6.61 Å². The highest BCUT2D eigenvalue weighted by atomic mass is 32.2. The fraction of sp³-hybridized carbons (Fsp3) is 0.222. The summed E-state index contributed by atoms with van der Waals surface area (Å²) in [5, 5.41) is 22.2. The highest BCUT2D eigenvalue weighted by molar-refractivity contribution is 8.01. The van der Waals surface area contributed by atoms with Crippen LogP contribution in [0.2, 0.25) is 0 Å². The van der Waals surface area contributed by atoms with Crippen LogP contribution in [0.1, 0.15) is 0 Å². The van der Waals surface area contributed by atoms with Crippen LogP contribution in [0.5, 0.6) is 11.5 Å². The van der Waals surface area contributed by atoms with Gasteiger partial charge in [0, 0.05) is 5.75 Å². The maximum absolute atomic E-state index is 10.1. The average molecular weight is 390 g/mol. The largest absolute Gasteiger partial charge is 0.495 e. The lowest BCUT2D eigenvalue weighted by Gasteiger charge is -2.11. The maximum Gasteiger partial charge on any atom is 0.210 e. The molecule has 0 amide bonds. The van der Waals surface area contributed by atoms with Crippen LogP contribution >= 0.6 is 23.1 Å². The average Bonchev–Trinajstić information content (AvgIpc) is 3.13. The molecule has 0 aliphatic rings. The summed E-state index contributed by atoms with van der Waals surface area (Å²) >= 11 is 2.87. The monoisotopic (exact) mass is 389 g/mol. The molecule has 0 fully saturated rings. The molecule has 1 aromatic heterocycles. The first-order valence-electron chi connectivity index (χ1n) is 7.97. The van der Waals surface area contributed by atoms with Gasteiger partial charge in [-0.15, -0.1) is 10.2 Å². The van der Waals surface area contributed by atoms with Crippen LogP contribution in [0, 0.1) is 0 Å². The van der Waals surface area contributed by atoms with E-state index in [1.807, 2.05) is 54.6 Å². The van der Waals surface area contributed by atoms with Gasteiger partial charge in [-0.25, -0.2) is 0 Å². The molecule has 0 unspecified atom stereocenters. The molecule has 2 N–H and O–H groups in total. The zero-order chi connectivity index (χ0) is 18.2. The van der Waals surface area contributed by atoms with Crippen LogP contribution in [0.4, 0.5) is 10.8 Å². The van der Waals surface area contributed by atoms with Crippen molar-refractivity contribution < 1.29 is 14.6 Å². The number of rotatable bonds is 9. The Morgan fingerprint density at radius 1 is 1.12 bits per heavy atom. The van der Waals surface area contributed by atoms with Gasteiger partial charge in [-0.2, -0.15) is 0 Å². The molecule has 2 aromatic carbocycles. The second-order valence-corrected chi connectivity index (χ2v) is 7.53. The predicted molar refractivity (Wildman–Crippen MR) is 105 cm³/mol. The smallest absolute Gasteiger partial charge is 0.210 e. The van der Waals surface area contributed by atoms with Gasteiger partial charge in [0.1, 0.15) is 18.1 Å². The Labute approximate surface area is 160 Å². The van der Waals surface area contributed by atoms with Crippen LogP contribution in [0.15, 0.2) is 58.9 Å². The van der Waals surface area contributed by atoms with E-state index in [1.165, 1.54) is 23.1 Å². The van der Waals surface area contributed by atoms with E-state index in [0.717, 1.165) is 21.5 Å². The predicted octanol–water partition coefficient (Wildman–Crippen LogP) is 3.82. The summed E-state index contributed by atoms with van der Waals surface area (Å²) in [5.41, 5.74) is 0.832. The van der Waals surface area contributed by atoms with Gasteiger partial charge in [0.05, 0.1) is 18.9 Å². The number of methoxy groups -OCH3 is 1. The Bertz CT molecular complexity index is 814. The molecule has 1 heterocycles. The number of hydrogen-bond donors (Lipinski definition) is 2. The molecule has 0 bridgehead atoms. The van der Waals surface area contributed by atoms with Gasteiger partial charge in [-0.05, 0) is 24.3 Å². The number of aliphatic hydroxyl groups is 1. The van der Waals surface area contributed by atoms with E-state index in [2.05, 4.69) is 15.5 Å². The molecule has 0 saturated carbocycles. The van der Waals surface area contributed by atoms with E-state index in [9.17, 15) is 5.11 Å². The Kier molecular flexibility index (Phi) is 6.70. The molecule has 8 heteroatoms. The molecule has 0 radical (unpaired) electrons. The standard InChI is InChI=1S/C18H19N3O3S2/c1-23-16-10-6-5-9-15(16)19-17-20-21-18(26-17)25-12-13(22)11-24-14-7-3-2-4-8-14/h2-10,13,22H,11-12H2,1H3,(H,19,20)/t13-/m1/s1. The van der Waals surface area contributed by atoms with Crippen LogP contribution in [0.25, 0.3) is 0 Å². The van der Waals surface area contributed by atoms with Crippen LogP contribution in [-0.2, 0) is 0 Å². The number of benzene rings is 2. The minimum atomic E-state index is -0.588. The molecule has 26 heavy (non-hydrogen) atoms. The molecule has 136 valence electrons. The Morgan fingerprint density at radius 2 is 1.88 bits per heavy atom. The maximum atomic E-state index is 10.1. The molecule has 3 aromatic rings. The number of aliphatic hydroxyl groups excluding tert-OH is 1. The summed E-state index contributed by atoms with van der Waals surface area (Å²) in [5.74, 6) is 1.97. The van der Waals surface area contributed by atoms with Crippen molar-refractivity contribution in [3.05, 3.63) is 54.6 Å². The lowest BCUT2D eigenvalue weighted by molar-refractivity contribution is 0.126. The first-order valence-corrected chi connectivity index (χ1v) is 9.77. The first kappa shape index (κ1) is 18.5. The minimum absolute atomic E-state index is 0.238. The fourth-order valence-electron chi connectivity index (χ4n) is 2.11. The third-order valence-electron chi connectivity index (χ3n) is 3.34. The van der Waals surface area contributed by atoms with Crippen molar-refractivity contribution in [3.63, 3.8) is 0 Å². The highest BCUT2D eigenvalue weighted by Gasteiger charge is 2.11. The zero-order valence-corrected chi connectivity index (χ0v) is 15.8. The molecule has 1 atom stereocenters. The van der Waals surface area contributed by atoms with E-state index >= 15 is 0 Å². The number of ether oxygens (including phenoxy) is 2. The molecular formula is C18H19N3O3S2. The van der Waals surface area contributed by atoms with E-state index in [0.29, 0.717) is 10.9 Å². The number of aromatic nitrogens is 2. The summed E-state index contributed by atoms with van der Waals surface area (Å²) in [6.45, 7) is 0.238.